The van der Waals surface area contributed by atoms with E-state index in [1.807, 2.05) is 0 Å². The number of unbranched alkanes of at least 4 members (excludes halogenated alkanes) is 1. The molecule has 3 rings (SSSR count). The molecule has 0 spiro atoms. The average Bonchev–Trinajstić information content (AvgIpc) is 2.69. The largest absolute Gasteiger partial charge is 0.507 e. The number of ether oxygens (including phenoxy) is 1. The molecule has 0 atom stereocenters. The van der Waals surface area contributed by atoms with E-state index in [-0.39, 0.29) is 39.9 Å². The highest BCUT2D eigenvalue weighted by atomic mass is 16.5. The van der Waals surface area contributed by atoms with E-state index in [2.05, 4.69) is 11.9 Å². The number of fused-ring (bicyclic) bond motifs is 2. The van der Waals surface area contributed by atoms with Gasteiger partial charge in [0.15, 0.2) is 11.6 Å². The first-order valence-electron chi connectivity index (χ1n) is 8.62. The molecule has 0 heterocycles. The fourth-order valence-corrected chi connectivity index (χ4v) is 2.99. The Morgan fingerprint density at radius 1 is 1.04 bits per heavy atom. The van der Waals surface area contributed by atoms with E-state index in [0.717, 1.165) is 0 Å². The SMILES string of the molecule is C=CC(=O)NCCCCOc1ccc(O)c2c1C(=O)c1ccccc1C2=O. The van der Waals surface area contributed by atoms with Gasteiger partial charge < -0.3 is 15.2 Å². The Labute approximate surface area is 156 Å². The van der Waals surface area contributed by atoms with Gasteiger partial charge in [-0.2, -0.15) is 0 Å². The summed E-state index contributed by atoms with van der Waals surface area (Å²) >= 11 is 0. The topological polar surface area (TPSA) is 92.7 Å². The van der Waals surface area contributed by atoms with Crippen LogP contribution in [0, 0.1) is 0 Å². The van der Waals surface area contributed by atoms with Gasteiger partial charge in [0, 0.05) is 17.7 Å². The summed E-state index contributed by atoms with van der Waals surface area (Å²) < 4.78 is 5.71. The van der Waals surface area contributed by atoms with Crippen LogP contribution in [0.2, 0.25) is 0 Å². The lowest BCUT2D eigenvalue weighted by atomic mass is 9.83. The molecule has 1 amide bonds. The standard InChI is InChI=1S/C21H19NO5/c1-2-17(24)22-11-5-6-12-27-16-10-9-15(23)18-19(16)21(26)14-8-4-3-7-13(14)20(18)25/h2-4,7-10,23H,1,5-6,11-12H2,(H,22,24). The maximum atomic E-state index is 12.9. The maximum absolute atomic E-state index is 12.9. The molecule has 138 valence electrons. The summed E-state index contributed by atoms with van der Waals surface area (Å²) in [6, 6.07) is 9.38. The molecule has 2 N–H and O–H groups in total. The molecule has 0 fully saturated rings. The Hall–Kier alpha value is -3.41. The third kappa shape index (κ3) is 3.60. The van der Waals surface area contributed by atoms with Gasteiger partial charge in [0.25, 0.3) is 0 Å². The second-order valence-corrected chi connectivity index (χ2v) is 6.09. The minimum atomic E-state index is -0.393. The number of rotatable bonds is 7. The first-order valence-corrected chi connectivity index (χ1v) is 8.62. The summed E-state index contributed by atoms with van der Waals surface area (Å²) in [4.78, 5) is 36.7. The molecule has 0 aliphatic heterocycles. The van der Waals surface area contributed by atoms with Crippen molar-refractivity contribution in [2.24, 2.45) is 0 Å². The van der Waals surface area contributed by atoms with Crippen molar-refractivity contribution >= 4 is 17.5 Å². The van der Waals surface area contributed by atoms with Crippen LogP contribution < -0.4 is 10.1 Å². The highest BCUT2D eigenvalue weighted by Crippen LogP contribution is 2.38. The number of carbonyl (C=O) groups is 3. The van der Waals surface area contributed by atoms with Crippen LogP contribution in [0.5, 0.6) is 11.5 Å². The number of benzene rings is 2. The molecule has 0 saturated heterocycles. The predicted molar refractivity (Wildman–Crippen MR) is 99.3 cm³/mol. The average molecular weight is 365 g/mol. The van der Waals surface area contributed by atoms with Crippen molar-refractivity contribution in [1.82, 2.24) is 5.32 Å². The van der Waals surface area contributed by atoms with Crippen LogP contribution in [0.3, 0.4) is 0 Å². The minimum Gasteiger partial charge on any atom is -0.507 e. The molecule has 0 unspecified atom stereocenters. The monoisotopic (exact) mass is 365 g/mol. The molecule has 1 aliphatic rings. The molecule has 6 nitrogen and oxygen atoms in total. The second-order valence-electron chi connectivity index (χ2n) is 6.09. The van der Waals surface area contributed by atoms with E-state index in [0.29, 0.717) is 31.6 Å². The molecule has 2 aromatic rings. The van der Waals surface area contributed by atoms with Gasteiger partial charge in [-0.05, 0) is 31.1 Å². The molecule has 0 saturated carbocycles. The van der Waals surface area contributed by atoms with Crippen molar-refractivity contribution < 1.29 is 24.2 Å². The Morgan fingerprint density at radius 3 is 2.37 bits per heavy atom. The highest BCUT2D eigenvalue weighted by Gasteiger charge is 2.34. The number of hydrogen-bond acceptors (Lipinski definition) is 5. The summed E-state index contributed by atoms with van der Waals surface area (Å²) in [7, 11) is 0. The van der Waals surface area contributed by atoms with Crippen molar-refractivity contribution in [3.63, 3.8) is 0 Å². The highest BCUT2D eigenvalue weighted by molar-refractivity contribution is 6.30. The molecular weight excluding hydrogens is 346 g/mol. The van der Waals surface area contributed by atoms with Gasteiger partial charge in [-0.15, -0.1) is 0 Å². The minimum absolute atomic E-state index is 0.0190. The zero-order valence-corrected chi connectivity index (χ0v) is 14.7. The van der Waals surface area contributed by atoms with Gasteiger partial charge in [-0.25, -0.2) is 0 Å². The zero-order chi connectivity index (χ0) is 19.4. The molecule has 2 aromatic carbocycles. The van der Waals surface area contributed by atoms with Gasteiger partial charge in [-0.3, -0.25) is 14.4 Å². The Bertz CT molecular complexity index is 932. The van der Waals surface area contributed by atoms with Gasteiger partial charge in [-0.1, -0.05) is 30.8 Å². The molecule has 27 heavy (non-hydrogen) atoms. The van der Waals surface area contributed by atoms with Crippen LogP contribution in [0.25, 0.3) is 0 Å². The smallest absolute Gasteiger partial charge is 0.243 e. The van der Waals surface area contributed by atoms with Crippen molar-refractivity contribution in [2.45, 2.75) is 12.8 Å². The predicted octanol–water partition coefficient (Wildman–Crippen LogP) is 2.63. The van der Waals surface area contributed by atoms with Gasteiger partial charge in [0.1, 0.15) is 11.5 Å². The van der Waals surface area contributed by atoms with Crippen molar-refractivity contribution in [1.29, 1.82) is 0 Å². The van der Waals surface area contributed by atoms with Crippen LogP contribution in [0.4, 0.5) is 0 Å². The maximum Gasteiger partial charge on any atom is 0.243 e. The summed E-state index contributed by atoms with van der Waals surface area (Å²) in [5, 5.41) is 12.8. The summed E-state index contributed by atoms with van der Waals surface area (Å²) in [6.07, 6.45) is 2.54. The zero-order valence-electron chi connectivity index (χ0n) is 14.7. The molecule has 0 radical (unpaired) electrons. The van der Waals surface area contributed by atoms with E-state index in [9.17, 15) is 19.5 Å². The quantitative estimate of drug-likeness (QED) is 0.496. The third-order valence-corrected chi connectivity index (χ3v) is 4.33. The first-order chi connectivity index (χ1) is 13.0. The van der Waals surface area contributed by atoms with Gasteiger partial charge in [0.2, 0.25) is 5.91 Å². The number of hydrogen-bond donors (Lipinski definition) is 2. The Kier molecular flexibility index (Phi) is 5.35. The molecule has 0 aromatic heterocycles. The van der Waals surface area contributed by atoms with E-state index in [1.54, 1.807) is 24.3 Å². The van der Waals surface area contributed by atoms with Crippen molar-refractivity contribution in [2.75, 3.05) is 13.2 Å². The van der Waals surface area contributed by atoms with E-state index in [4.69, 9.17) is 4.74 Å². The lowest BCUT2D eigenvalue weighted by Crippen LogP contribution is -2.23. The Balaban J connectivity index is 1.75. The number of aromatic hydroxyl groups is 1. The van der Waals surface area contributed by atoms with Crippen molar-refractivity contribution in [3.8, 4) is 11.5 Å². The van der Waals surface area contributed by atoms with E-state index < -0.39 is 5.78 Å². The summed E-state index contributed by atoms with van der Waals surface area (Å²) in [5.74, 6) is -0.936. The number of phenolic OH excluding ortho intramolecular Hbond substituents is 1. The summed E-state index contributed by atoms with van der Waals surface area (Å²) in [6.45, 7) is 4.18. The molecule has 6 heteroatoms. The number of carbonyl (C=O) groups excluding carboxylic acids is 3. The second kappa shape index (κ2) is 7.86. The number of phenols is 1. The first kappa shape index (κ1) is 18.4. The molecular formula is C21H19NO5. The normalized spacial score (nSPS) is 12.1. The van der Waals surface area contributed by atoms with Crippen molar-refractivity contribution in [3.05, 3.63) is 71.3 Å². The van der Waals surface area contributed by atoms with Gasteiger partial charge in [0.05, 0.1) is 17.7 Å². The lowest BCUT2D eigenvalue weighted by molar-refractivity contribution is -0.116. The van der Waals surface area contributed by atoms with Crippen LogP contribution in [0.15, 0.2) is 49.1 Å². The van der Waals surface area contributed by atoms with Crippen LogP contribution in [-0.4, -0.2) is 35.7 Å². The Morgan fingerprint density at radius 2 is 1.70 bits per heavy atom. The fourth-order valence-electron chi connectivity index (χ4n) is 2.99. The van der Waals surface area contributed by atoms with E-state index in [1.165, 1.54) is 18.2 Å². The molecule has 1 aliphatic carbocycles. The lowest BCUT2D eigenvalue weighted by Gasteiger charge is -2.21. The van der Waals surface area contributed by atoms with Crippen LogP contribution in [0.1, 0.15) is 44.7 Å². The fraction of sp³-hybridized carbons (Fsp3) is 0.190. The van der Waals surface area contributed by atoms with E-state index >= 15 is 0 Å². The third-order valence-electron chi connectivity index (χ3n) is 4.33. The number of ketones is 2. The molecule has 0 bridgehead atoms. The van der Waals surface area contributed by atoms with Gasteiger partial charge >= 0.3 is 0 Å². The van der Waals surface area contributed by atoms with Crippen LogP contribution in [-0.2, 0) is 4.79 Å². The number of nitrogens with one attached hydrogen (secondary N) is 1. The van der Waals surface area contributed by atoms with Crippen LogP contribution >= 0.6 is 0 Å². The number of amides is 1. The summed E-state index contributed by atoms with van der Waals surface area (Å²) in [5.41, 5.74) is 0.658.